The molecule has 6 heteroatoms. The van der Waals surface area contributed by atoms with Crippen molar-refractivity contribution in [2.45, 2.75) is 70.1 Å². The topological polar surface area (TPSA) is 60.0 Å². The van der Waals surface area contributed by atoms with E-state index in [0.717, 1.165) is 101 Å². The standard InChI is InChI=1S/C31H40N2O4/c34-31-30-8-7-28(37-21-29-2-1-13-36-29)18-26(30)9-12-33(31)27-6-5-24-16-23(3-4-25(24)17-27)20-32-19-22-10-14-35-15-11-22/h3-4,7-8,16,18,22,27,29,32H,1-2,5-6,9-15,17,19-21H2/t27-,29-/m0/s1. The summed E-state index contributed by atoms with van der Waals surface area (Å²) in [7, 11) is 0. The summed E-state index contributed by atoms with van der Waals surface area (Å²) in [5, 5.41) is 3.66. The monoisotopic (exact) mass is 504 g/mol. The Morgan fingerprint density at radius 3 is 2.73 bits per heavy atom. The van der Waals surface area contributed by atoms with Gasteiger partial charge in [-0.2, -0.15) is 0 Å². The van der Waals surface area contributed by atoms with Crippen LogP contribution >= 0.6 is 0 Å². The van der Waals surface area contributed by atoms with Crippen LogP contribution in [0.2, 0.25) is 0 Å². The Bertz CT molecular complexity index is 1090. The van der Waals surface area contributed by atoms with Crippen molar-refractivity contribution in [2.24, 2.45) is 5.92 Å². The molecular formula is C31H40N2O4. The lowest BCUT2D eigenvalue weighted by Crippen LogP contribution is -2.47. The van der Waals surface area contributed by atoms with E-state index in [2.05, 4.69) is 34.5 Å². The normalized spacial score (nSPS) is 24.1. The highest BCUT2D eigenvalue weighted by molar-refractivity contribution is 5.97. The minimum Gasteiger partial charge on any atom is -0.491 e. The molecule has 0 radical (unpaired) electrons. The number of rotatable bonds is 8. The highest BCUT2D eigenvalue weighted by Crippen LogP contribution is 2.31. The molecule has 2 atom stereocenters. The molecule has 6 nitrogen and oxygen atoms in total. The van der Waals surface area contributed by atoms with Gasteiger partial charge < -0.3 is 24.4 Å². The predicted octanol–water partition coefficient (Wildman–Crippen LogP) is 4.32. The third kappa shape index (κ3) is 5.87. The molecule has 198 valence electrons. The van der Waals surface area contributed by atoms with Gasteiger partial charge >= 0.3 is 0 Å². The van der Waals surface area contributed by atoms with Crippen molar-refractivity contribution < 1.29 is 19.0 Å². The zero-order valence-corrected chi connectivity index (χ0v) is 21.9. The van der Waals surface area contributed by atoms with E-state index < -0.39 is 0 Å². The highest BCUT2D eigenvalue weighted by Gasteiger charge is 2.32. The minimum atomic E-state index is 0.175. The summed E-state index contributed by atoms with van der Waals surface area (Å²) in [4.78, 5) is 15.6. The number of nitrogens with zero attached hydrogens (tertiary/aromatic N) is 1. The molecule has 4 aliphatic rings. The second kappa shape index (κ2) is 11.5. The van der Waals surface area contributed by atoms with Crippen LogP contribution in [0.4, 0.5) is 0 Å². The zero-order chi connectivity index (χ0) is 25.0. The lowest BCUT2D eigenvalue weighted by molar-refractivity contribution is 0.0637. The molecule has 0 spiro atoms. The van der Waals surface area contributed by atoms with Crippen LogP contribution in [-0.2, 0) is 35.3 Å². The first-order chi connectivity index (χ1) is 18.2. The third-order valence-corrected chi connectivity index (χ3v) is 8.67. The second-order valence-electron chi connectivity index (χ2n) is 11.2. The molecule has 1 aliphatic carbocycles. The molecule has 0 aromatic heterocycles. The van der Waals surface area contributed by atoms with Crippen LogP contribution in [-0.4, -0.2) is 62.5 Å². The summed E-state index contributed by atoms with van der Waals surface area (Å²) in [5.74, 6) is 1.76. The first-order valence-electron chi connectivity index (χ1n) is 14.3. The van der Waals surface area contributed by atoms with Crippen molar-refractivity contribution in [1.29, 1.82) is 0 Å². The van der Waals surface area contributed by atoms with Crippen LogP contribution in [0.1, 0.15) is 64.7 Å². The number of carbonyl (C=O) groups is 1. The Labute approximate surface area is 220 Å². The van der Waals surface area contributed by atoms with E-state index >= 15 is 0 Å². The van der Waals surface area contributed by atoms with Crippen molar-refractivity contribution in [3.8, 4) is 5.75 Å². The Hall–Kier alpha value is -2.41. The molecule has 1 amide bonds. The van der Waals surface area contributed by atoms with Gasteiger partial charge in [-0.3, -0.25) is 4.79 Å². The number of hydrogen-bond acceptors (Lipinski definition) is 5. The maximum absolute atomic E-state index is 13.5. The summed E-state index contributed by atoms with van der Waals surface area (Å²) < 4.78 is 17.1. The van der Waals surface area contributed by atoms with E-state index in [4.69, 9.17) is 14.2 Å². The average Bonchev–Trinajstić information content (AvgIpc) is 3.46. The zero-order valence-electron chi connectivity index (χ0n) is 21.9. The Balaban J connectivity index is 1.03. The lowest BCUT2D eigenvalue weighted by atomic mass is 9.85. The van der Waals surface area contributed by atoms with Gasteiger partial charge in [0.25, 0.3) is 5.91 Å². The summed E-state index contributed by atoms with van der Waals surface area (Å²) in [5.41, 5.74) is 6.18. The predicted molar refractivity (Wildman–Crippen MR) is 143 cm³/mol. The van der Waals surface area contributed by atoms with Gasteiger partial charge in [0.2, 0.25) is 0 Å². The molecule has 2 aromatic carbocycles. The SMILES string of the molecule is O=C1c2ccc(OC[C@@H]3CCCO3)cc2CCN1[C@H]1CCc2cc(CNCC3CCOCC3)ccc2C1. The van der Waals surface area contributed by atoms with Gasteiger partial charge in [-0.15, -0.1) is 0 Å². The fraction of sp³-hybridized carbons (Fsp3) is 0.581. The Morgan fingerprint density at radius 1 is 0.946 bits per heavy atom. The molecule has 2 aromatic rings. The van der Waals surface area contributed by atoms with Crippen molar-refractivity contribution in [2.75, 3.05) is 39.5 Å². The number of amides is 1. The van der Waals surface area contributed by atoms with E-state index in [1.807, 2.05) is 12.1 Å². The molecule has 1 N–H and O–H groups in total. The largest absolute Gasteiger partial charge is 0.491 e. The lowest BCUT2D eigenvalue weighted by Gasteiger charge is -2.38. The molecule has 3 aliphatic heterocycles. The average molecular weight is 505 g/mol. The molecular weight excluding hydrogens is 464 g/mol. The Kier molecular flexibility index (Phi) is 7.77. The van der Waals surface area contributed by atoms with Gasteiger partial charge in [0.15, 0.2) is 0 Å². The van der Waals surface area contributed by atoms with Gasteiger partial charge in [-0.25, -0.2) is 0 Å². The molecule has 2 saturated heterocycles. The molecule has 0 bridgehead atoms. The fourth-order valence-electron chi connectivity index (χ4n) is 6.42. The van der Waals surface area contributed by atoms with Gasteiger partial charge in [0.05, 0.1) is 6.10 Å². The smallest absolute Gasteiger partial charge is 0.254 e. The van der Waals surface area contributed by atoms with Crippen LogP contribution in [0, 0.1) is 5.92 Å². The first kappa shape index (κ1) is 24.9. The number of carbonyl (C=O) groups excluding carboxylic acids is 1. The first-order valence-corrected chi connectivity index (χ1v) is 14.3. The number of fused-ring (bicyclic) bond motifs is 2. The number of hydrogen-bond donors (Lipinski definition) is 1. The van der Waals surface area contributed by atoms with Crippen LogP contribution in [0.5, 0.6) is 5.75 Å². The summed E-state index contributed by atoms with van der Waals surface area (Å²) >= 11 is 0. The quantitative estimate of drug-likeness (QED) is 0.580. The third-order valence-electron chi connectivity index (χ3n) is 8.67. The number of ether oxygens (including phenoxy) is 3. The highest BCUT2D eigenvalue weighted by atomic mass is 16.5. The van der Waals surface area contributed by atoms with Crippen molar-refractivity contribution >= 4 is 5.91 Å². The van der Waals surface area contributed by atoms with E-state index in [0.29, 0.717) is 6.61 Å². The maximum Gasteiger partial charge on any atom is 0.254 e. The number of nitrogens with one attached hydrogen (secondary N) is 1. The molecule has 6 rings (SSSR count). The van der Waals surface area contributed by atoms with Gasteiger partial charge in [0, 0.05) is 44.5 Å². The summed E-state index contributed by atoms with van der Waals surface area (Å²) in [6, 6.07) is 13.2. The molecule has 3 heterocycles. The molecule has 37 heavy (non-hydrogen) atoms. The number of aryl methyl sites for hydroxylation is 1. The summed E-state index contributed by atoms with van der Waals surface area (Å²) in [6.45, 7) is 6.03. The molecule has 0 saturated carbocycles. The van der Waals surface area contributed by atoms with Crippen LogP contribution in [0.3, 0.4) is 0 Å². The van der Waals surface area contributed by atoms with E-state index in [1.54, 1.807) is 0 Å². The summed E-state index contributed by atoms with van der Waals surface area (Å²) in [6.07, 6.45) is 8.64. The van der Waals surface area contributed by atoms with Crippen molar-refractivity contribution in [3.05, 3.63) is 64.2 Å². The Morgan fingerprint density at radius 2 is 1.86 bits per heavy atom. The minimum absolute atomic E-state index is 0.175. The molecule has 0 unspecified atom stereocenters. The van der Waals surface area contributed by atoms with Gasteiger partial charge in [-0.05, 0) is 104 Å². The van der Waals surface area contributed by atoms with Crippen molar-refractivity contribution in [3.63, 3.8) is 0 Å². The second-order valence-corrected chi connectivity index (χ2v) is 11.2. The fourth-order valence-corrected chi connectivity index (χ4v) is 6.42. The molecule has 2 fully saturated rings. The van der Waals surface area contributed by atoms with Crippen LogP contribution < -0.4 is 10.1 Å². The number of benzene rings is 2. The van der Waals surface area contributed by atoms with Gasteiger partial charge in [-0.1, -0.05) is 18.2 Å². The maximum atomic E-state index is 13.5. The van der Waals surface area contributed by atoms with Crippen LogP contribution in [0.25, 0.3) is 0 Å². The van der Waals surface area contributed by atoms with Gasteiger partial charge in [0.1, 0.15) is 12.4 Å². The van der Waals surface area contributed by atoms with E-state index in [1.165, 1.54) is 29.5 Å². The van der Waals surface area contributed by atoms with Crippen molar-refractivity contribution in [1.82, 2.24) is 10.2 Å². The van der Waals surface area contributed by atoms with Crippen LogP contribution in [0.15, 0.2) is 36.4 Å². The van der Waals surface area contributed by atoms with E-state index in [-0.39, 0.29) is 18.1 Å². The van der Waals surface area contributed by atoms with E-state index in [9.17, 15) is 4.79 Å².